The lowest BCUT2D eigenvalue weighted by Gasteiger charge is -2.09. The van der Waals surface area contributed by atoms with E-state index in [1.165, 1.54) is 36.7 Å². The highest BCUT2D eigenvalue weighted by Gasteiger charge is 2.15. The van der Waals surface area contributed by atoms with Crippen molar-refractivity contribution in [1.29, 1.82) is 0 Å². The second-order valence-corrected chi connectivity index (χ2v) is 7.17. The summed E-state index contributed by atoms with van der Waals surface area (Å²) in [6, 6.07) is 5.79. The number of hydrogen-bond acceptors (Lipinski definition) is 4. The highest BCUT2D eigenvalue weighted by Crippen LogP contribution is 2.23. The fourth-order valence-electron chi connectivity index (χ4n) is 1.76. The molecule has 0 radical (unpaired) electrons. The number of halogens is 2. The number of rotatable bonds is 3. The Morgan fingerprint density at radius 3 is 2.57 bits per heavy atom. The predicted molar refractivity (Wildman–Crippen MR) is 81.4 cm³/mol. The topological polar surface area (TPSA) is 76.1 Å². The van der Waals surface area contributed by atoms with Crippen LogP contribution in [0.5, 0.6) is 0 Å². The summed E-state index contributed by atoms with van der Waals surface area (Å²) >= 11 is 5.88. The molecule has 1 heterocycles. The number of hydrogen-bond donors (Lipinski definition) is 1. The fourth-order valence-corrected chi connectivity index (χ4v) is 3.16. The van der Waals surface area contributed by atoms with Crippen LogP contribution in [-0.2, 0) is 9.05 Å². The van der Waals surface area contributed by atoms with Gasteiger partial charge in [0.25, 0.3) is 15.0 Å². The highest BCUT2D eigenvalue weighted by atomic mass is 35.7. The van der Waals surface area contributed by atoms with Gasteiger partial charge in [-0.3, -0.25) is 9.78 Å². The predicted octanol–water partition coefficient (Wildman–Crippen LogP) is 3.22. The van der Waals surface area contributed by atoms with Gasteiger partial charge in [0.05, 0.1) is 15.5 Å². The summed E-state index contributed by atoms with van der Waals surface area (Å²) in [5.41, 5.74) is 1.15. The molecule has 21 heavy (non-hydrogen) atoms. The molecular weight excluding hydrogens is 335 g/mol. The number of anilines is 1. The van der Waals surface area contributed by atoms with Crippen LogP contribution in [0, 0.1) is 6.92 Å². The summed E-state index contributed by atoms with van der Waals surface area (Å²) in [5.74, 6) is -0.414. The SMILES string of the molecule is Cc1cc(NC(=O)c2ccncc2Cl)ccc1S(=O)(=O)Cl. The minimum absolute atomic E-state index is 0.00380. The third-order valence-corrected chi connectivity index (χ3v) is 4.50. The first-order chi connectivity index (χ1) is 9.79. The number of aryl methyl sites for hydroxylation is 1. The Hall–Kier alpha value is -1.63. The zero-order chi connectivity index (χ0) is 15.6. The van der Waals surface area contributed by atoms with Gasteiger partial charge in [0.2, 0.25) is 0 Å². The van der Waals surface area contributed by atoms with Crippen molar-refractivity contribution in [2.75, 3.05) is 5.32 Å². The van der Waals surface area contributed by atoms with E-state index in [4.69, 9.17) is 22.3 Å². The number of carbonyl (C=O) groups is 1. The quantitative estimate of drug-likeness (QED) is 0.867. The van der Waals surface area contributed by atoms with E-state index >= 15 is 0 Å². The van der Waals surface area contributed by atoms with Gasteiger partial charge < -0.3 is 5.32 Å². The van der Waals surface area contributed by atoms with E-state index in [2.05, 4.69) is 10.3 Å². The number of nitrogens with one attached hydrogen (secondary N) is 1. The Labute approximate surface area is 131 Å². The summed E-state index contributed by atoms with van der Waals surface area (Å²) in [7, 11) is 1.49. The first-order valence-corrected chi connectivity index (χ1v) is 8.44. The number of aromatic nitrogens is 1. The minimum atomic E-state index is -3.81. The van der Waals surface area contributed by atoms with Crippen LogP contribution in [0.15, 0.2) is 41.6 Å². The maximum absolute atomic E-state index is 12.1. The Bertz CT molecular complexity index is 807. The summed E-state index contributed by atoms with van der Waals surface area (Å²) in [5, 5.41) is 2.86. The van der Waals surface area contributed by atoms with E-state index in [0.717, 1.165) is 0 Å². The van der Waals surface area contributed by atoms with Crippen LogP contribution in [0.4, 0.5) is 5.69 Å². The van der Waals surface area contributed by atoms with Crippen molar-refractivity contribution in [2.45, 2.75) is 11.8 Å². The average molecular weight is 345 g/mol. The molecular formula is C13H10Cl2N2O3S. The lowest BCUT2D eigenvalue weighted by molar-refractivity contribution is 0.102. The van der Waals surface area contributed by atoms with Crippen molar-refractivity contribution in [2.24, 2.45) is 0 Å². The molecule has 1 aromatic carbocycles. The Morgan fingerprint density at radius 1 is 1.29 bits per heavy atom. The van der Waals surface area contributed by atoms with Crippen LogP contribution in [0.3, 0.4) is 0 Å². The normalized spacial score (nSPS) is 11.2. The van der Waals surface area contributed by atoms with Gasteiger partial charge in [-0.2, -0.15) is 0 Å². The molecule has 1 N–H and O–H groups in total. The number of carbonyl (C=O) groups excluding carboxylic acids is 1. The average Bonchev–Trinajstić information content (AvgIpc) is 2.37. The highest BCUT2D eigenvalue weighted by molar-refractivity contribution is 8.13. The Morgan fingerprint density at radius 2 is 2.00 bits per heavy atom. The number of amides is 1. The monoisotopic (exact) mass is 344 g/mol. The third-order valence-electron chi connectivity index (χ3n) is 2.71. The van der Waals surface area contributed by atoms with Gasteiger partial charge in [0.1, 0.15) is 0 Å². The van der Waals surface area contributed by atoms with E-state index in [1.54, 1.807) is 6.92 Å². The van der Waals surface area contributed by atoms with Crippen molar-refractivity contribution in [3.63, 3.8) is 0 Å². The number of pyridine rings is 1. The zero-order valence-corrected chi connectivity index (χ0v) is 13.1. The standard InChI is InChI=1S/C13H10Cl2N2O3S/c1-8-6-9(2-3-12(8)21(15,19)20)17-13(18)10-4-5-16-7-11(10)14/h2-7H,1H3,(H,17,18). The molecule has 110 valence electrons. The van der Waals surface area contributed by atoms with Crippen molar-refractivity contribution in [3.8, 4) is 0 Å². The molecule has 0 aliphatic heterocycles. The molecule has 5 nitrogen and oxygen atoms in total. The van der Waals surface area contributed by atoms with E-state index in [1.807, 2.05) is 0 Å². The van der Waals surface area contributed by atoms with Gasteiger partial charge in [0.15, 0.2) is 0 Å². The molecule has 0 spiro atoms. The van der Waals surface area contributed by atoms with Crippen LogP contribution in [0.25, 0.3) is 0 Å². The summed E-state index contributed by atoms with van der Waals surface area (Å²) in [4.78, 5) is 15.9. The van der Waals surface area contributed by atoms with Gasteiger partial charge in [-0.1, -0.05) is 11.6 Å². The molecule has 0 atom stereocenters. The zero-order valence-electron chi connectivity index (χ0n) is 10.8. The van der Waals surface area contributed by atoms with E-state index in [0.29, 0.717) is 11.3 Å². The molecule has 2 rings (SSSR count). The molecule has 0 bridgehead atoms. The lowest BCUT2D eigenvalue weighted by atomic mass is 10.2. The largest absolute Gasteiger partial charge is 0.322 e. The number of benzene rings is 1. The molecule has 0 aliphatic rings. The van der Waals surface area contributed by atoms with E-state index in [-0.39, 0.29) is 15.5 Å². The first-order valence-electron chi connectivity index (χ1n) is 5.75. The minimum Gasteiger partial charge on any atom is -0.322 e. The molecule has 1 aromatic heterocycles. The summed E-state index contributed by atoms with van der Waals surface area (Å²) in [6.07, 6.45) is 2.82. The lowest BCUT2D eigenvalue weighted by Crippen LogP contribution is -2.13. The van der Waals surface area contributed by atoms with Crippen LogP contribution < -0.4 is 5.32 Å². The van der Waals surface area contributed by atoms with Crippen LogP contribution in [0.2, 0.25) is 5.02 Å². The van der Waals surface area contributed by atoms with Crippen molar-refractivity contribution < 1.29 is 13.2 Å². The second-order valence-electron chi connectivity index (χ2n) is 4.23. The summed E-state index contributed by atoms with van der Waals surface area (Å²) < 4.78 is 22.6. The van der Waals surface area contributed by atoms with Gasteiger partial charge in [0, 0.05) is 28.8 Å². The van der Waals surface area contributed by atoms with E-state index < -0.39 is 15.0 Å². The Kier molecular flexibility index (Phi) is 4.51. The maximum Gasteiger partial charge on any atom is 0.261 e. The van der Waals surface area contributed by atoms with Crippen LogP contribution in [0.1, 0.15) is 15.9 Å². The molecule has 1 amide bonds. The second kappa shape index (κ2) is 6.01. The maximum atomic E-state index is 12.1. The molecule has 0 unspecified atom stereocenters. The molecule has 0 fully saturated rings. The molecule has 2 aromatic rings. The van der Waals surface area contributed by atoms with Crippen molar-refractivity contribution in [3.05, 3.63) is 52.8 Å². The van der Waals surface area contributed by atoms with Crippen LogP contribution in [-0.4, -0.2) is 19.3 Å². The van der Waals surface area contributed by atoms with E-state index in [9.17, 15) is 13.2 Å². The van der Waals surface area contributed by atoms with Gasteiger partial charge in [-0.15, -0.1) is 0 Å². The van der Waals surface area contributed by atoms with Crippen LogP contribution >= 0.6 is 22.3 Å². The first kappa shape index (κ1) is 15.8. The third kappa shape index (κ3) is 3.72. The van der Waals surface area contributed by atoms with Gasteiger partial charge in [-0.05, 0) is 36.8 Å². The van der Waals surface area contributed by atoms with Gasteiger partial charge in [-0.25, -0.2) is 8.42 Å². The smallest absolute Gasteiger partial charge is 0.261 e. The molecule has 0 aliphatic carbocycles. The fraction of sp³-hybridized carbons (Fsp3) is 0.0769. The number of nitrogens with zero attached hydrogens (tertiary/aromatic N) is 1. The molecule has 0 saturated heterocycles. The van der Waals surface area contributed by atoms with Gasteiger partial charge >= 0.3 is 0 Å². The Balaban J connectivity index is 2.27. The molecule has 0 saturated carbocycles. The summed E-state index contributed by atoms with van der Waals surface area (Å²) in [6.45, 7) is 1.59. The molecule has 8 heteroatoms. The van der Waals surface area contributed by atoms with Crippen molar-refractivity contribution in [1.82, 2.24) is 4.98 Å². The van der Waals surface area contributed by atoms with Crippen molar-refractivity contribution >= 4 is 42.9 Å².